The number of amides is 1. The molecule has 1 amide bonds. The number of rotatable bonds is 9. The Labute approximate surface area is 206 Å². The maximum atomic E-state index is 12.7. The van der Waals surface area contributed by atoms with E-state index in [1.165, 1.54) is 0 Å². The fourth-order valence-corrected chi connectivity index (χ4v) is 3.93. The number of carbonyl (C=O) groups excluding carboxylic acids is 2. The largest absolute Gasteiger partial charge is 0.508 e. The predicted molar refractivity (Wildman–Crippen MR) is 135 cm³/mol. The quantitative estimate of drug-likeness (QED) is 0.150. The van der Waals surface area contributed by atoms with Crippen LogP contribution in [0, 0.1) is 8.99 Å². The first-order chi connectivity index (χ1) is 14.7. The minimum absolute atomic E-state index is 0.00421. The number of halogens is 1. The van der Waals surface area contributed by atoms with Crippen molar-refractivity contribution in [3.05, 3.63) is 51.6 Å². The number of thioether (sulfide) groups is 1. The number of hydrogen-bond acceptors (Lipinski definition) is 7. The first-order valence-corrected chi connectivity index (χ1v) is 12.5. The Hall–Kier alpha value is -1.59. The van der Waals surface area contributed by atoms with Crippen molar-refractivity contribution in [1.29, 1.82) is 0 Å². The summed E-state index contributed by atoms with van der Waals surface area (Å²) in [6.45, 7) is 3.94. The van der Waals surface area contributed by atoms with Gasteiger partial charge in [0.05, 0.1) is 12.4 Å². The Morgan fingerprint density at radius 1 is 1.23 bits per heavy atom. The summed E-state index contributed by atoms with van der Waals surface area (Å²) in [5.41, 5.74) is 0.456. The van der Waals surface area contributed by atoms with Gasteiger partial charge in [0.25, 0.3) is 0 Å². The van der Waals surface area contributed by atoms with E-state index in [1.807, 2.05) is 32.2 Å². The number of benzene rings is 2. The predicted octanol–water partition coefficient (Wildman–Crippen LogP) is 5.90. The van der Waals surface area contributed by atoms with Crippen LogP contribution in [0.4, 0.5) is 10.5 Å². The molecule has 0 radical (unpaired) electrons. The summed E-state index contributed by atoms with van der Waals surface area (Å²) in [6.07, 6.45) is 0.977. The normalized spacial score (nSPS) is 12.2. The molecule has 31 heavy (non-hydrogen) atoms. The number of aromatic hydroxyl groups is 1. The van der Waals surface area contributed by atoms with Gasteiger partial charge in [-0.15, -0.1) is 11.8 Å². The molecule has 0 bridgehead atoms. The zero-order chi connectivity index (χ0) is 23.0. The number of ether oxygens (including phenoxy) is 2. The van der Waals surface area contributed by atoms with Gasteiger partial charge in [-0.2, -0.15) is 12.6 Å². The molecule has 2 aromatic rings. The van der Waals surface area contributed by atoms with Crippen molar-refractivity contribution in [2.24, 2.45) is 5.41 Å². The molecule has 9 heteroatoms. The zero-order valence-corrected chi connectivity index (χ0v) is 21.4. The van der Waals surface area contributed by atoms with E-state index < -0.39 is 23.6 Å². The molecule has 168 valence electrons. The molecule has 0 heterocycles. The number of hydrogen-bond donors (Lipinski definition) is 3. The number of carbonyl (C=O) groups is 2. The Morgan fingerprint density at radius 2 is 1.90 bits per heavy atom. The molecule has 0 saturated carbocycles. The first kappa shape index (κ1) is 25.7. The minimum Gasteiger partial charge on any atom is -0.508 e. The van der Waals surface area contributed by atoms with Gasteiger partial charge in [-0.25, -0.2) is 4.79 Å². The zero-order valence-electron chi connectivity index (χ0n) is 17.6. The monoisotopic (exact) mass is 575 g/mol. The van der Waals surface area contributed by atoms with Gasteiger partial charge in [-0.3, -0.25) is 10.1 Å². The number of esters is 1. The Morgan fingerprint density at radius 3 is 2.52 bits per heavy atom. The van der Waals surface area contributed by atoms with Crippen LogP contribution in [0.2, 0.25) is 0 Å². The highest BCUT2D eigenvalue weighted by atomic mass is 127. The third-order valence-corrected chi connectivity index (χ3v) is 6.35. The lowest BCUT2D eigenvalue weighted by Crippen LogP contribution is -2.30. The Bertz CT molecular complexity index is 905. The molecule has 1 atom stereocenters. The fraction of sp³-hybridized carbons (Fsp3) is 0.364. The van der Waals surface area contributed by atoms with Crippen molar-refractivity contribution in [3.8, 4) is 5.75 Å². The third kappa shape index (κ3) is 7.80. The summed E-state index contributed by atoms with van der Waals surface area (Å²) in [6, 6.07) is 12.5. The second-order valence-electron chi connectivity index (χ2n) is 7.46. The molecular formula is C22H26INO5S2. The highest BCUT2D eigenvalue weighted by Gasteiger charge is 2.36. The first-order valence-electron chi connectivity index (χ1n) is 9.53. The van der Waals surface area contributed by atoms with Crippen LogP contribution in [0.5, 0.6) is 5.75 Å². The number of phenolic OH excluding ortho intramolecular Hbond substituents is 1. The second kappa shape index (κ2) is 11.9. The third-order valence-electron chi connectivity index (χ3n) is 4.68. The number of nitrogens with one attached hydrogen (secondary N) is 1. The molecule has 0 fully saturated rings. The maximum Gasteiger partial charge on any atom is 0.412 e. The molecule has 6 nitrogen and oxygen atoms in total. The summed E-state index contributed by atoms with van der Waals surface area (Å²) >= 11 is 7.65. The highest BCUT2D eigenvalue weighted by Crippen LogP contribution is 2.43. The molecule has 0 aliphatic heterocycles. The Kier molecular flexibility index (Phi) is 9.83. The molecular weight excluding hydrogens is 549 g/mol. The fourth-order valence-electron chi connectivity index (χ4n) is 2.91. The van der Waals surface area contributed by atoms with Crippen molar-refractivity contribution in [2.45, 2.75) is 31.3 Å². The summed E-state index contributed by atoms with van der Waals surface area (Å²) in [4.78, 5) is 25.2. The highest BCUT2D eigenvalue weighted by molar-refractivity contribution is 14.1. The van der Waals surface area contributed by atoms with Crippen LogP contribution >= 0.6 is 47.0 Å². The van der Waals surface area contributed by atoms with Crippen LogP contribution in [0.3, 0.4) is 0 Å². The lowest BCUT2D eigenvalue weighted by atomic mass is 9.79. The van der Waals surface area contributed by atoms with Crippen LogP contribution in [-0.2, 0) is 14.3 Å². The van der Waals surface area contributed by atoms with Gasteiger partial charge >= 0.3 is 12.1 Å². The van der Waals surface area contributed by atoms with Crippen molar-refractivity contribution < 1.29 is 24.2 Å². The molecule has 0 aliphatic carbocycles. The lowest BCUT2D eigenvalue weighted by Gasteiger charge is -2.34. The SMILES string of the molecule is CSc1ccc(NC(=O)O[C@@H](c2cc(I)ccc2O)C(C)(C)CCOC(=O)CS)cc1. The van der Waals surface area contributed by atoms with Crippen molar-refractivity contribution >= 4 is 64.7 Å². The van der Waals surface area contributed by atoms with Crippen LogP contribution in [0.1, 0.15) is 31.9 Å². The second-order valence-corrected chi connectivity index (χ2v) is 9.90. The standard InChI is InChI=1S/C22H26INO5S2/c1-22(2,10-11-28-19(26)13-30)20(17-12-14(23)4-9-18(17)25)29-21(27)24-15-5-7-16(31-3)8-6-15/h4-9,12,20,25,30H,10-11,13H2,1-3H3,(H,24,27)/t20-/m0/s1. The van der Waals surface area contributed by atoms with E-state index in [9.17, 15) is 14.7 Å². The lowest BCUT2D eigenvalue weighted by molar-refractivity contribution is -0.141. The average molecular weight is 575 g/mol. The molecule has 0 saturated heterocycles. The Balaban J connectivity index is 2.22. The van der Waals surface area contributed by atoms with Gasteiger partial charge in [0.2, 0.25) is 0 Å². The van der Waals surface area contributed by atoms with Gasteiger partial charge < -0.3 is 14.6 Å². The van der Waals surface area contributed by atoms with Crippen LogP contribution in [0.15, 0.2) is 47.4 Å². The van der Waals surface area contributed by atoms with Gasteiger partial charge in [-0.05, 0) is 77.7 Å². The van der Waals surface area contributed by atoms with Crippen LogP contribution < -0.4 is 5.32 Å². The molecule has 0 aliphatic rings. The van der Waals surface area contributed by atoms with Gasteiger partial charge in [0.15, 0.2) is 0 Å². The van der Waals surface area contributed by atoms with Gasteiger partial charge in [0, 0.05) is 25.1 Å². The van der Waals surface area contributed by atoms with Gasteiger partial charge in [0.1, 0.15) is 11.9 Å². The summed E-state index contributed by atoms with van der Waals surface area (Å²) in [5.74, 6) is -0.390. The number of anilines is 1. The van der Waals surface area contributed by atoms with E-state index >= 15 is 0 Å². The average Bonchev–Trinajstić information content (AvgIpc) is 2.74. The van der Waals surface area contributed by atoms with E-state index in [4.69, 9.17) is 9.47 Å². The molecule has 2 N–H and O–H groups in total. The van der Waals surface area contributed by atoms with Crippen LogP contribution in [0.25, 0.3) is 0 Å². The van der Waals surface area contributed by atoms with Crippen molar-refractivity contribution in [2.75, 3.05) is 23.9 Å². The van der Waals surface area contributed by atoms with Crippen molar-refractivity contribution in [3.63, 3.8) is 0 Å². The van der Waals surface area contributed by atoms with E-state index in [0.29, 0.717) is 17.7 Å². The molecule has 0 spiro atoms. The van der Waals surface area contributed by atoms with Crippen molar-refractivity contribution in [1.82, 2.24) is 0 Å². The topological polar surface area (TPSA) is 84.9 Å². The molecule has 0 unspecified atom stereocenters. The molecule has 2 rings (SSSR count). The summed E-state index contributed by atoms with van der Waals surface area (Å²) in [5, 5.41) is 13.2. The number of phenols is 1. The maximum absolute atomic E-state index is 12.7. The summed E-state index contributed by atoms with van der Waals surface area (Å²) < 4.78 is 11.9. The summed E-state index contributed by atoms with van der Waals surface area (Å²) in [7, 11) is 0. The van der Waals surface area contributed by atoms with E-state index in [1.54, 1.807) is 42.1 Å². The van der Waals surface area contributed by atoms with E-state index in [2.05, 4.69) is 40.5 Å². The minimum atomic E-state index is -0.776. The van der Waals surface area contributed by atoms with Gasteiger partial charge in [-0.1, -0.05) is 13.8 Å². The van der Waals surface area contributed by atoms with Crippen LogP contribution in [-0.4, -0.2) is 35.8 Å². The smallest absolute Gasteiger partial charge is 0.412 e. The molecule has 0 aromatic heterocycles. The number of thiol groups is 1. The van der Waals surface area contributed by atoms with E-state index in [0.717, 1.165) is 8.47 Å². The van der Waals surface area contributed by atoms with E-state index in [-0.39, 0.29) is 18.1 Å². The molecule has 2 aromatic carbocycles.